The maximum atomic E-state index is 13.2. The number of fused-ring (bicyclic) bond motifs is 1. The van der Waals surface area contributed by atoms with Gasteiger partial charge in [0.2, 0.25) is 5.95 Å². The first-order valence-electron chi connectivity index (χ1n) is 11.4. The van der Waals surface area contributed by atoms with Gasteiger partial charge in [-0.2, -0.15) is 10.1 Å². The molecule has 168 valence electrons. The van der Waals surface area contributed by atoms with Crippen molar-refractivity contribution >= 4 is 22.7 Å². The summed E-state index contributed by atoms with van der Waals surface area (Å²) in [5.41, 5.74) is 15.1. The van der Waals surface area contributed by atoms with E-state index >= 15 is 0 Å². The summed E-state index contributed by atoms with van der Waals surface area (Å²) in [4.78, 5) is 23.1. The van der Waals surface area contributed by atoms with Crippen molar-refractivity contribution in [3.63, 3.8) is 0 Å². The van der Waals surface area contributed by atoms with Gasteiger partial charge in [0.1, 0.15) is 5.39 Å². The van der Waals surface area contributed by atoms with Crippen molar-refractivity contribution < 1.29 is 4.74 Å². The summed E-state index contributed by atoms with van der Waals surface area (Å²) in [6, 6.07) is 7.93. The second-order valence-corrected chi connectivity index (χ2v) is 9.78. The summed E-state index contributed by atoms with van der Waals surface area (Å²) in [5.74, 6) is 0.577. The Morgan fingerprint density at radius 1 is 1.16 bits per heavy atom. The Labute approximate surface area is 185 Å². The van der Waals surface area contributed by atoms with E-state index in [9.17, 15) is 4.79 Å². The topological polar surface area (TPSA) is 139 Å². The fraction of sp³-hybridized carbons (Fsp3) is 0.522. The summed E-state index contributed by atoms with van der Waals surface area (Å²) in [6.45, 7) is 4.32. The third-order valence-corrected chi connectivity index (χ3v) is 8.01. The smallest absolute Gasteiger partial charge is 0.263 e. The van der Waals surface area contributed by atoms with Gasteiger partial charge in [0, 0.05) is 35.6 Å². The predicted octanol–water partition coefficient (Wildman–Crippen LogP) is 1.64. The van der Waals surface area contributed by atoms with Crippen LogP contribution in [0.3, 0.4) is 0 Å². The van der Waals surface area contributed by atoms with Crippen LogP contribution in [0.2, 0.25) is 0 Å². The molecule has 9 heteroatoms. The molecule has 1 aliphatic carbocycles. The van der Waals surface area contributed by atoms with Crippen molar-refractivity contribution in [2.24, 2.45) is 11.1 Å². The molecule has 0 unspecified atom stereocenters. The van der Waals surface area contributed by atoms with Crippen LogP contribution in [0.25, 0.3) is 11.0 Å². The van der Waals surface area contributed by atoms with Crippen molar-refractivity contribution in [1.29, 1.82) is 0 Å². The van der Waals surface area contributed by atoms with Crippen LogP contribution in [-0.2, 0) is 10.2 Å². The van der Waals surface area contributed by atoms with Crippen molar-refractivity contribution in [1.82, 2.24) is 20.2 Å². The van der Waals surface area contributed by atoms with Crippen molar-refractivity contribution in [3.8, 4) is 0 Å². The third kappa shape index (κ3) is 2.80. The van der Waals surface area contributed by atoms with Gasteiger partial charge in [-0.1, -0.05) is 12.1 Å². The highest BCUT2D eigenvalue weighted by atomic mass is 16.5. The number of nitrogens with one attached hydrogen (secondary N) is 2. The van der Waals surface area contributed by atoms with Crippen molar-refractivity contribution in [3.05, 3.63) is 45.9 Å². The number of ether oxygens (including phenoxy) is 1. The standard InChI is InChI=1S/C23H29N7O2/c1-13-17(25)22(12-32-13)8-10-30(11-9-22)21-26-19-16(20(31)27-21)18(28-29-19)23(6-7-23)14-2-4-15(24)5-3-14/h2-5,13,17H,6-12,24-25H2,1H3,(H2,26,27,28,29,31)/t13-,17+/m0/s1. The molecule has 3 aromatic rings. The Bertz CT molecular complexity index is 1220. The van der Waals surface area contributed by atoms with Gasteiger partial charge in [-0.3, -0.25) is 14.9 Å². The zero-order chi connectivity index (χ0) is 22.1. The van der Waals surface area contributed by atoms with Crippen LogP contribution in [0.5, 0.6) is 0 Å². The quantitative estimate of drug-likeness (QED) is 0.459. The van der Waals surface area contributed by atoms with Crippen LogP contribution in [0.1, 0.15) is 43.9 Å². The minimum atomic E-state index is -0.217. The van der Waals surface area contributed by atoms with E-state index in [-0.39, 0.29) is 28.5 Å². The number of aromatic amines is 2. The number of piperidine rings is 1. The molecule has 32 heavy (non-hydrogen) atoms. The van der Waals surface area contributed by atoms with E-state index in [1.54, 1.807) is 0 Å². The average molecular weight is 436 g/mol. The number of anilines is 2. The highest BCUT2D eigenvalue weighted by molar-refractivity contribution is 5.80. The number of nitrogens with zero attached hydrogens (tertiary/aromatic N) is 3. The summed E-state index contributed by atoms with van der Waals surface area (Å²) < 4.78 is 5.82. The van der Waals surface area contributed by atoms with E-state index < -0.39 is 0 Å². The number of hydrogen-bond acceptors (Lipinski definition) is 7. The van der Waals surface area contributed by atoms with Crippen molar-refractivity contribution in [2.45, 2.75) is 50.2 Å². The summed E-state index contributed by atoms with van der Waals surface area (Å²) in [7, 11) is 0. The van der Waals surface area contributed by atoms with Crippen LogP contribution in [0.4, 0.5) is 11.6 Å². The summed E-state index contributed by atoms with van der Waals surface area (Å²) in [5, 5.41) is 8.12. The lowest BCUT2D eigenvalue weighted by Gasteiger charge is -2.41. The van der Waals surface area contributed by atoms with Gasteiger partial charge < -0.3 is 21.1 Å². The van der Waals surface area contributed by atoms with Crippen LogP contribution in [-0.4, -0.2) is 52.0 Å². The largest absolute Gasteiger partial charge is 0.399 e. The van der Waals surface area contributed by atoms with Gasteiger partial charge in [-0.05, 0) is 50.3 Å². The Hall–Kier alpha value is -2.91. The molecule has 1 spiro atoms. The number of nitrogens with two attached hydrogens (primary N) is 2. The van der Waals surface area contributed by atoms with E-state index in [2.05, 4.69) is 20.1 Å². The van der Waals surface area contributed by atoms with Gasteiger partial charge in [0.05, 0.1) is 18.4 Å². The molecule has 3 aliphatic rings. The lowest BCUT2D eigenvalue weighted by molar-refractivity contribution is 0.0973. The molecular formula is C23H29N7O2. The molecule has 2 aliphatic heterocycles. The first-order chi connectivity index (χ1) is 15.4. The molecule has 6 N–H and O–H groups in total. The lowest BCUT2D eigenvalue weighted by atomic mass is 9.73. The zero-order valence-corrected chi connectivity index (χ0v) is 18.2. The molecular weight excluding hydrogens is 406 g/mol. The number of H-pyrrole nitrogens is 2. The van der Waals surface area contributed by atoms with E-state index in [0.29, 0.717) is 23.6 Å². The first kappa shape index (κ1) is 19.8. The molecule has 9 nitrogen and oxygen atoms in total. The molecule has 2 saturated heterocycles. The average Bonchev–Trinajstić information content (AvgIpc) is 3.41. The van der Waals surface area contributed by atoms with Gasteiger partial charge in [0.15, 0.2) is 5.65 Å². The highest BCUT2D eigenvalue weighted by Gasteiger charge is 2.50. The Morgan fingerprint density at radius 3 is 2.50 bits per heavy atom. The second kappa shape index (κ2) is 6.79. The molecule has 1 saturated carbocycles. The highest BCUT2D eigenvalue weighted by Crippen LogP contribution is 2.54. The van der Waals surface area contributed by atoms with Gasteiger partial charge in [-0.15, -0.1) is 0 Å². The first-order valence-corrected chi connectivity index (χ1v) is 11.4. The maximum Gasteiger partial charge on any atom is 0.263 e. The normalized spacial score (nSPS) is 26.1. The lowest BCUT2D eigenvalue weighted by Crippen LogP contribution is -2.51. The molecule has 0 bridgehead atoms. The van der Waals surface area contributed by atoms with Crippen molar-refractivity contribution in [2.75, 3.05) is 30.3 Å². The monoisotopic (exact) mass is 435 g/mol. The van der Waals surface area contributed by atoms with E-state index in [1.165, 1.54) is 0 Å². The fourth-order valence-electron chi connectivity index (χ4n) is 5.66. The van der Waals surface area contributed by atoms with Crippen LogP contribution in [0, 0.1) is 5.41 Å². The molecule has 0 amide bonds. The predicted molar refractivity (Wildman–Crippen MR) is 123 cm³/mol. The fourth-order valence-corrected chi connectivity index (χ4v) is 5.66. The van der Waals surface area contributed by atoms with Gasteiger partial charge in [-0.25, -0.2) is 0 Å². The molecule has 1 aromatic carbocycles. The van der Waals surface area contributed by atoms with E-state index in [1.807, 2.05) is 31.2 Å². The molecule has 2 atom stereocenters. The number of aromatic nitrogens is 4. The minimum absolute atomic E-state index is 0.0250. The zero-order valence-electron chi connectivity index (χ0n) is 18.2. The molecule has 4 heterocycles. The number of rotatable bonds is 3. The van der Waals surface area contributed by atoms with Gasteiger partial charge in [0.25, 0.3) is 5.56 Å². The Kier molecular flexibility index (Phi) is 4.19. The van der Waals surface area contributed by atoms with Crippen LogP contribution < -0.4 is 21.9 Å². The Morgan fingerprint density at radius 2 is 1.88 bits per heavy atom. The van der Waals surface area contributed by atoms with E-state index in [4.69, 9.17) is 21.2 Å². The number of nitrogen functional groups attached to an aromatic ring is 1. The number of benzene rings is 1. The second-order valence-electron chi connectivity index (χ2n) is 9.78. The summed E-state index contributed by atoms with van der Waals surface area (Å²) >= 11 is 0. The van der Waals surface area contributed by atoms with Crippen LogP contribution in [0.15, 0.2) is 29.1 Å². The number of hydrogen-bond donors (Lipinski definition) is 4. The third-order valence-electron chi connectivity index (χ3n) is 8.01. The molecule has 2 aromatic heterocycles. The molecule has 3 fully saturated rings. The molecule has 6 rings (SSSR count). The SMILES string of the molecule is C[C@@H]1OCC2(CCN(c3nc4n[nH]c(C5(c6ccc(N)cc6)CC5)c4c(=O)[nH]3)CC2)[C@@H]1N. The van der Waals surface area contributed by atoms with Gasteiger partial charge >= 0.3 is 0 Å². The Balaban J connectivity index is 1.30. The molecule has 0 radical (unpaired) electrons. The minimum Gasteiger partial charge on any atom is -0.399 e. The maximum absolute atomic E-state index is 13.2. The summed E-state index contributed by atoms with van der Waals surface area (Å²) in [6.07, 6.45) is 3.86. The van der Waals surface area contributed by atoms with E-state index in [0.717, 1.165) is 55.7 Å². The van der Waals surface area contributed by atoms with Crippen LogP contribution >= 0.6 is 0 Å².